The molecule has 2 N–H and O–H groups in total. The smallest absolute Gasteiger partial charge is 0.345 e. The predicted octanol–water partition coefficient (Wildman–Crippen LogP) is 0.0504. The van der Waals surface area contributed by atoms with Gasteiger partial charge in [-0.15, -0.1) is 0 Å². The number of carbonyl (C=O) groups is 1. The van der Waals surface area contributed by atoms with Crippen LogP contribution in [0.2, 0.25) is 5.02 Å². The SMILES string of the molecule is O=C(O)Cc1[nH]c(=O)ncc1Cl. The second-order valence-corrected chi connectivity index (χ2v) is 2.49. The largest absolute Gasteiger partial charge is 0.481 e. The molecule has 6 heteroatoms. The number of halogens is 1. The van der Waals surface area contributed by atoms with E-state index in [0.29, 0.717) is 0 Å². The lowest BCUT2D eigenvalue weighted by molar-refractivity contribution is -0.136. The molecule has 12 heavy (non-hydrogen) atoms. The van der Waals surface area contributed by atoms with E-state index in [4.69, 9.17) is 16.7 Å². The van der Waals surface area contributed by atoms with Crippen LogP contribution in [0.5, 0.6) is 0 Å². The number of aromatic amines is 1. The number of aromatic nitrogens is 2. The summed E-state index contributed by atoms with van der Waals surface area (Å²) in [6.07, 6.45) is 0.815. The summed E-state index contributed by atoms with van der Waals surface area (Å²) in [5.41, 5.74) is -0.431. The van der Waals surface area contributed by atoms with E-state index in [9.17, 15) is 9.59 Å². The maximum absolute atomic E-state index is 10.6. The highest BCUT2D eigenvalue weighted by atomic mass is 35.5. The summed E-state index contributed by atoms with van der Waals surface area (Å²) in [4.78, 5) is 26.4. The molecule has 5 nitrogen and oxygen atoms in total. The van der Waals surface area contributed by atoms with Crippen LogP contribution >= 0.6 is 11.6 Å². The molecular formula is C6H5ClN2O3. The quantitative estimate of drug-likeness (QED) is 0.687. The summed E-state index contributed by atoms with van der Waals surface area (Å²) in [7, 11) is 0. The number of hydrogen-bond donors (Lipinski definition) is 2. The van der Waals surface area contributed by atoms with Gasteiger partial charge in [0.25, 0.3) is 0 Å². The van der Waals surface area contributed by atoms with E-state index in [2.05, 4.69) is 9.97 Å². The standard InChI is InChI=1S/C6H5ClN2O3/c7-3-2-8-6(12)9-4(3)1-5(10)11/h2H,1H2,(H,10,11)(H,8,9,12). The zero-order valence-electron chi connectivity index (χ0n) is 5.87. The molecule has 0 saturated heterocycles. The van der Waals surface area contributed by atoms with Crippen LogP contribution < -0.4 is 5.69 Å². The maximum Gasteiger partial charge on any atom is 0.345 e. The van der Waals surface area contributed by atoms with Crippen molar-refractivity contribution in [1.29, 1.82) is 0 Å². The van der Waals surface area contributed by atoms with Crippen molar-refractivity contribution in [3.8, 4) is 0 Å². The highest BCUT2D eigenvalue weighted by Crippen LogP contribution is 2.09. The molecule has 0 aliphatic carbocycles. The number of nitrogens with one attached hydrogen (secondary N) is 1. The molecule has 1 aromatic heterocycles. The average Bonchev–Trinajstić information content (AvgIpc) is 1.96. The van der Waals surface area contributed by atoms with Crippen LogP contribution in [0, 0.1) is 0 Å². The van der Waals surface area contributed by atoms with Crippen molar-refractivity contribution < 1.29 is 9.90 Å². The van der Waals surface area contributed by atoms with Crippen LogP contribution in [0.4, 0.5) is 0 Å². The number of H-pyrrole nitrogens is 1. The van der Waals surface area contributed by atoms with Gasteiger partial charge in [0, 0.05) is 0 Å². The second-order valence-electron chi connectivity index (χ2n) is 2.09. The topological polar surface area (TPSA) is 83.0 Å². The molecule has 0 saturated carbocycles. The van der Waals surface area contributed by atoms with Crippen LogP contribution in [0.15, 0.2) is 11.0 Å². The Morgan fingerprint density at radius 1 is 1.75 bits per heavy atom. The van der Waals surface area contributed by atoms with E-state index in [1.165, 1.54) is 0 Å². The van der Waals surface area contributed by atoms with E-state index < -0.39 is 11.7 Å². The van der Waals surface area contributed by atoms with Gasteiger partial charge in [0.1, 0.15) is 0 Å². The minimum absolute atomic E-state index is 0.150. The fraction of sp³-hybridized carbons (Fsp3) is 0.167. The molecular weight excluding hydrogens is 184 g/mol. The van der Waals surface area contributed by atoms with Crippen molar-refractivity contribution in [3.05, 3.63) is 27.4 Å². The Morgan fingerprint density at radius 2 is 2.42 bits per heavy atom. The first kappa shape index (κ1) is 8.73. The van der Waals surface area contributed by atoms with Crippen molar-refractivity contribution in [3.63, 3.8) is 0 Å². The molecule has 1 heterocycles. The fourth-order valence-electron chi connectivity index (χ4n) is 0.694. The molecule has 0 fully saturated rings. The Hall–Kier alpha value is -1.36. The summed E-state index contributed by atoms with van der Waals surface area (Å²) >= 11 is 5.54. The van der Waals surface area contributed by atoms with E-state index in [-0.39, 0.29) is 17.1 Å². The predicted molar refractivity (Wildman–Crippen MR) is 41.2 cm³/mol. The Balaban J connectivity index is 3.05. The Morgan fingerprint density at radius 3 is 3.00 bits per heavy atom. The van der Waals surface area contributed by atoms with E-state index in [1.807, 2.05) is 0 Å². The molecule has 0 atom stereocenters. The van der Waals surface area contributed by atoms with E-state index in [0.717, 1.165) is 6.20 Å². The van der Waals surface area contributed by atoms with Gasteiger partial charge < -0.3 is 10.1 Å². The lowest BCUT2D eigenvalue weighted by atomic mass is 10.3. The van der Waals surface area contributed by atoms with Gasteiger partial charge in [-0.05, 0) is 0 Å². The molecule has 0 spiro atoms. The number of aliphatic carboxylic acids is 1. The highest BCUT2D eigenvalue weighted by molar-refractivity contribution is 6.31. The third-order valence-corrected chi connectivity index (χ3v) is 1.49. The Labute approximate surface area is 72.0 Å². The van der Waals surface area contributed by atoms with Gasteiger partial charge in [-0.2, -0.15) is 0 Å². The van der Waals surface area contributed by atoms with Crippen LogP contribution in [0.3, 0.4) is 0 Å². The first-order chi connectivity index (χ1) is 5.59. The van der Waals surface area contributed by atoms with Crippen molar-refractivity contribution in [2.45, 2.75) is 6.42 Å². The van der Waals surface area contributed by atoms with Gasteiger partial charge in [-0.1, -0.05) is 11.6 Å². The summed E-state index contributed by atoms with van der Waals surface area (Å²) in [5.74, 6) is -1.06. The van der Waals surface area contributed by atoms with Gasteiger partial charge in [-0.25, -0.2) is 9.78 Å². The summed E-state index contributed by atoms with van der Waals surface area (Å²) < 4.78 is 0. The maximum atomic E-state index is 10.6. The molecule has 0 radical (unpaired) electrons. The molecule has 0 bridgehead atoms. The third-order valence-electron chi connectivity index (χ3n) is 1.17. The van der Waals surface area contributed by atoms with Crippen LogP contribution in [0.1, 0.15) is 5.69 Å². The minimum Gasteiger partial charge on any atom is -0.481 e. The van der Waals surface area contributed by atoms with Crippen LogP contribution in [0.25, 0.3) is 0 Å². The van der Waals surface area contributed by atoms with Gasteiger partial charge in [0.2, 0.25) is 0 Å². The lowest BCUT2D eigenvalue weighted by Crippen LogP contribution is -2.14. The zero-order chi connectivity index (χ0) is 9.14. The number of rotatable bonds is 2. The molecule has 0 aromatic carbocycles. The zero-order valence-corrected chi connectivity index (χ0v) is 6.63. The lowest BCUT2D eigenvalue weighted by Gasteiger charge is -1.97. The first-order valence-electron chi connectivity index (χ1n) is 3.05. The third kappa shape index (κ3) is 2.06. The minimum atomic E-state index is -1.06. The van der Waals surface area contributed by atoms with Crippen molar-refractivity contribution >= 4 is 17.6 Å². The first-order valence-corrected chi connectivity index (χ1v) is 3.43. The summed E-state index contributed by atoms with van der Waals surface area (Å²) in [6, 6.07) is 0. The molecule has 1 aromatic rings. The molecule has 1 rings (SSSR count). The van der Waals surface area contributed by atoms with Crippen molar-refractivity contribution in [1.82, 2.24) is 9.97 Å². The van der Waals surface area contributed by atoms with Gasteiger partial charge in [0.05, 0.1) is 23.3 Å². The molecule has 0 amide bonds. The monoisotopic (exact) mass is 188 g/mol. The Kier molecular flexibility index (Phi) is 2.44. The van der Waals surface area contributed by atoms with Crippen LogP contribution in [-0.4, -0.2) is 21.0 Å². The second kappa shape index (κ2) is 3.36. The number of nitrogens with zero attached hydrogens (tertiary/aromatic N) is 1. The van der Waals surface area contributed by atoms with E-state index >= 15 is 0 Å². The number of hydrogen-bond acceptors (Lipinski definition) is 3. The van der Waals surface area contributed by atoms with Crippen molar-refractivity contribution in [2.24, 2.45) is 0 Å². The molecule has 0 unspecified atom stereocenters. The number of carboxylic acid groups (broad SMARTS) is 1. The van der Waals surface area contributed by atoms with Gasteiger partial charge in [0.15, 0.2) is 0 Å². The Bertz CT molecular complexity index is 360. The van der Waals surface area contributed by atoms with E-state index in [1.54, 1.807) is 0 Å². The normalized spacial score (nSPS) is 9.75. The van der Waals surface area contributed by atoms with Crippen molar-refractivity contribution in [2.75, 3.05) is 0 Å². The number of carboxylic acids is 1. The summed E-state index contributed by atoms with van der Waals surface area (Å²) in [5, 5.41) is 8.53. The van der Waals surface area contributed by atoms with Crippen LogP contribution in [-0.2, 0) is 11.2 Å². The van der Waals surface area contributed by atoms with Gasteiger partial charge in [-0.3, -0.25) is 4.79 Å². The average molecular weight is 189 g/mol. The molecule has 64 valence electrons. The summed E-state index contributed by atoms with van der Waals surface area (Å²) in [6.45, 7) is 0. The highest BCUT2D eigenvalue weighted by Gasteiger charge is 2.05. The molecule has 0 aliphatic rings. The fourth-order valence-corrected chi connectivity index (χ4v) is 0.857. The van der Waals surface area contributed by atoms with Gasteiger partial charge >= 0.3 is 11.7 Å². The molecule has 0 aliphatic heterocycles.